The molecule has 2 nitrogen and oxygen atoms in total. The molecule has 1 atom stereocenters. The van der Waals surface area contributed by atoms with E-state index in [0.29, 0.717) is 0 Å². The highest BCUT2D eigenvalue weighted by Crippen LogP contribution is 2.46. The Labute approximate surface area is 93.1 Å². The summed E-state index contributed by atoms with van der Waals surface area (Å²) < 4.78 is 0. The number of amides is 1. The van der Waals surface area contributed by atoms with Crippen LogP contribution in [0.4, 0.5) is 0 Å². The molecule has 86 valence electrons. The van der Waals surface area contributed by atoms with Gasteiger partial charge in [-0.25, -0.2) is 0 Å². The van der Waals surface area contributed by atoms with E-state index >= 15 is 0 Å². The van der Waals surface area contributed by atoms with Gasteiger partial charge in [0.25, 0.3) is 0 Å². The Morgan fingerprint density at radius 3 is 2.27 bits per heavy atom. The van der Waals surface area contributed by atoms with Crippen molar-refractivity contribution in [1.29, 1.82) is 0 Å². The first-order chi connectivity index (χ1) is 7.18. The Kier molecular flexibility index (Phi) is 4.37. The molecule has 2 aliphatic rings. The predicted molar refractivity (Wildman–Crippen MR) is 63.3 cm³/mol. The zero-order valence-corrected chi connectivity index (χ0v) is 10.4. The third-order valence-electron chi connectivity index (χ3n) is 3.50. The summed E-state index contributed by atoms with van der Waals surface area (Å²) in [7, 11) is 0. The Hall–Kier alpha value is -0.790. The van der Waals surface area contributed by atoms with Gasteiger partial charge in [0.05, 0.1) is 0 Å². The highest BCUT2D eigenvalue weighted by molar-refractivity contribution is 5.75. The molecule has 0 aliphatic heterocycles. The van der Waals surface area contributed by atoms with Gasteiger partial charge in [0.1, 0.15) is 0 Å². The van der Waals surface area contributed by atoms with Crippen LogP contribution in [0.15, 0.2) is 11.3 Å². The number of hydrogen-bond acceptors (Lipinski definition) is 1. The molecule has 0 saturated heterocycles. The topological polar surface area (TPSA) is 29.1 Å². The average molecular weight is 209 g/mol. The maximum Gasteiger partial charge on any atom is 0.220 e. The first-order valence-corrected chi connectivity index (χ1v) is 6.15. The van der Waals surface area contributed by atoms with E-state index in [1.165, 1.54) is 30.5 Å². The standard InChI is InChI=1S/C11H17NO.C2H6/c1-7-10(9-4-3-5-9)6-11(7)12-8(2)13;1-2/h9-10H,3-6H2,1-2H3,(H,12,13);1-2H3. The minimum absolute atomic E-state index is 0.0707. The third-order valence-corrected chi connectivity index (χ3v) is 3.50. The van der Waals surface area contributed by atoms with E-state index in [2.05, 4.69) is 12.2 Å². The van der Waals surface area contributed by atoms with Gasteiger partial charge in [0.2, 0.25) is 5.91 Å². The molecule has 0 aromatic heterocycles. The summed E-state index contributed by atoms with van der Waals surface area (Å²) in [4.78, 5) is 10.8. The van der Waals surface area contributed by atoms with Crippen LogP contribution in [-0.4, -0.2) is 5.91 Å². The number of rotatable bonds is 2. The normalized spacial score (nSPS) is 24.7. The molecule has 1 amide bonds. The fourth-order valence-electron chi connectivity index (χ4n) is 2.35. The number of carbonyl (C=O) groups excluding carboxylic acids is 1. The van der Waals surface area contributed by atoms with Crippen molar-refractivity contribution in [3.05, 3.63) is 11.3 Å². The van der Waals surface area contributed by atoms with Crippen molar-refractivity contribution in [2.24, 2.45) is 11.8 Å². The highest BCUT2D eigenvalue weighted by atomic mass is 16.1. The second kappa shape index (κ2) is 5.34. The van der Waals surface area contributed by atoms with Gasteiger partial charge in [-0.15, -0.1) is 0 Å². The summed E-state index contributed by atoms with van der Waals surface area (Å²) in [5, 5.41) is 2.90. The van der Waals surface area contributed by atoms with E-state index in [-0.39, 0.29) is 5.91 Å². The van der Waals surface area contributed by atoms with Gasteiger partial charge in [-0.05, 0) is 38.0 Å². The molecule has 0 bridgehead atoms. The number of hydrogen-bond donors (Lipinski definition) is 1. The molecule has 2 rings (SSSR count). The molecule has 1 fully saturated rings. The van der Waals surface area contributed by atoms with Crippen LogP contribution in [0.25, 0.3) is 0 Å². The maximum absolute atomic E-state index is 10.8. The highest BCUT2D eigenvalue weighted by Gasteiger charge is 2.36. The number of carbonyl (C=O) groups is 1. The van der Waals surface area contributed by atoms with Gasteiger partial charge in [-0.1, -0.05) is 25.8 Å². The smallest absolute Gasteiger partial charge is 0.220 e. The number of allylic oxidation sites excluding steroid dienone is 2. The lowest BCUT2D eigenvalue weighted by molar-refractivity contribution is -0.118. The van der Waals surface area contributed by atoms with Gasteiger partial charge in [-0.3, -0.25) is 4.79 Å². The zero-order chi connectivity index (χ0) is 11.4. The fourth-order valence-corrected chi connectivity index (χ4v) is 2.35. The molecule has 0 radical (unpaired) electrons. The van der Waals surface area contributed by atoms with Gasteiger partial charge in [0, 0.05) is 12.6 Å². The Morgan fingerprint density at radius 1 is 1.33 bits per heavy atom. The van der Waals surface area contributed by atoms with Gasteiger partial charge >= 0.3 is 0 Å². The van der Waals surface area contributed by atoms with Crippen molar-refractivity contribution in [3.8, 4) is 0 Å². The average Bonchev–Trinajstić information content (AvgIpc) is 2.15. The third kappa shape index (κ3) is 2.61. The van der Waals surface area contributed by atoms with Crippen molar-refractivity contribution in [1.82, 2.24) is 5.32 Å². The summed E-state index contributed by atoms with van der Waals surface area (Å²) in [6, 6.07) is 0. The Bertz CT molecular complexity index is 264. The second-order valence-corrected chi connectivity index (χ2v) is 4.34. The minimum atomic E-state index is 0.0707. The first-order valence-electron chi connectivity index (χ1n) is 6.15. The van der Waals surface area contributed by atoms with Crippen LogP contribution in [0.2, 0.25) is 0 Å². The van der Waals surface area contributed by atoms with Crippen LogP contribution in [0.1, 0.15) is 53.4 Å². The van der Waals surface area contributed by atoms with E-state index in [0.717, 1.165) is 18.3 Å². The maximum atomic E-state index is 10.8. The Morgan fingerprint density at radius 2 is 1.93 bits per heavy atom. The fraction of sp³-hybridized carbons (Fsp3) is 0.769. The summed E-state index contributed by atoms with van der Waals surface area (Å²) in [5.74, 6) is 1.79. The van der Waals surface area contributed by atoms with Crippen LogP contribution in [0, 0.1) is 11.8 Å². The van der Waals surface area contributed by atoms with Crippen LogP contribution in [0.3, 0.4) is 0 Å². The molecule has 0 aromatic rings. The molecule has 0 heterocycles. The summed E-state index contributed by atoms with van der Waals surface area (Å²) in [6.45, 7) is 7.74. The van der Waals surface area contributed by atoms with Crippen molar-refractivity contribution in [2.45, 2.75) is 53.4 Å². The quantitative estimate of drug-likeness (QED) is 0.743. The molecule has 1 saturated carbocycles. The van der Waals surface area contributed by atoms with E-state index in [9.17, 15) is 4.79 Å². The molecular formula is C13H23NO. The van der Waals surface area contributed by atoms with E-state index < -0.39 is 0 Å². The lowest BCUT2D eigenvalue weighted by Crippen LogP contribution is -2.36. The molecule has 0 spiro atoms. The van der Waals surface area contributed by atoms with E-state index in [1.807, 2.05) is 13.8 Å². The lowest BCUT2D eigenvalue weighted by atomic mass is 9.66. The van der Waals surface area contributed by atoms with E-state index in [4.69, 9.17) is 0 Å². The zero-order valence-electron chi connectivity index (χ0n) is 10.4. The summed E-state index contributed by atoms with van der Waals surface area (Å²) >= 11 is 0. The largest absolute Gasteiger partial charge is 0.330 e. The van der Waals surface area contributed by atoms with Gasteiger partial charge in [0.15, 0.2) is 0 Å². The molecule has 0 aromatic carbocycles. The van der Waals surface area contributed by atoms with Crippen LogP contribution in [-0.2, 0) is 4.79 Å². The molecule has 2 heteroatoms. The SMILES string of the molecule is CC.CC(=O)NC1=C(C)C(C2CCC2)C1. The molecule has 2 aliphatic carbocycles. The molecule has 1 unspecified atom stereocenters. The van der Waals surface area contributed by atoms with Crippen LogP contribution < -0.4 is 5.32 Å². The van der Waals surface area contributed by atoms with Crippen molar-refractivity contribution in [3.63, 3.8) is 0 Å². The molecule has 15 heavy (non-hydrogen) atoms. The molecular weight excluding hydrogens is 186 g/mol. The minimum Gasteiger partial charge on any atom is -0.330 e. The monoisotopic (exact) mass is 209 g/mol. The Balaban J connectivity index is 0.000000531. The van der Waals surface area contributed by atoms with E-state index in [1.54, 1.807) is 6.92 Å². The summed E-state index contributed by atoms with van der Waals surface area (Å²) in [5.41, 5.74) is 2.62. The van der Waals surface area contributed by atoms with Crippen molar-refractivity contribution < 1.29 is 4.79 Å². The van der Waals surface area contributed by atoms with Crippen LogP contribution >= 0.6 is 0 Å². The lowest BCUT2D eigenvalue weighted by Gasteiger charge is -2.41. The summed E-state index contributed by atoms with van der Waals surface area (Å²) in [6.07, 6.45) is 5.31. The van der Waals surface area contributed by atoms with Gasteiger partial charge in [-0.2, -0.15) is 0 Å². The second-order valence-electron chi connectivity index (χ2n) is 4.34. The molecule has 1 N–H and O–H groups in total. The van der Waals surface area contributed by atoms with Crippen molar-refractivity contribution >= 4 is 5.91 Å². The first kappa shape index (κ1) is 12.3. The predicted octanol–water partition coefficient (Wildman–Crippen LogP) is 3.24. The van der Waals surface area contributed by atoms with Crippen LogP contribution in [0.5, 0.6) is 0 Å². The number of nitrogens with one attached hydrogen (secondary N) is 1. The van der Waals surface area contributed by atoms with Crippen molar-refractivity contribution in [2.75, 3.05) is 0 Å². The van der Waals surface area contributed by atoms with Gasteiger partial charge < -0.3 is 5.32 Å².